The molecule has 154 valence electrons. The second kappa shape index (κ2) is 8.14. The molecule has 0 bridgehead atoms. The first-order valence-electron chi connectivity index (χ1n) is 10.3. The molecule has 0 saturated heterocycles. The zero-order valence-corrected chi connectivity index (χ0v) is 17.3. The molecular formula is C24H25N3O3. The van der Waals surface area contributed by atoms with Gasteiger partial charge in [-0.05, 0) is 38.0 Å². The Bertz CT molecular complexity index is 1130. The Labute approximate surface area is 175 Å². The van der Waals surface area contributed by atoms with E-state index in [-0.39, 0.29) is 12.5 Å². The zero-order chi connectivity index (χ0) is 21.3. The van der Waals surface area contributed by atoms with Crippen LogP contribution in [0.25, 0.3) is 10.9 Å². The molecule has 0 aliphatic carbocycles. The van der Waals surface area contributed by atoms with Crippen molar-refractivity contribution in [2.75, 3.05) is 24.5 Å². The maximum atomic E-state index is 13.1. The van der Waals surface area contributed by atoms with Crippen molar-refractivity contribution in [3.63, 3.8) is 0 Å². The zero-order valence-electron chi connectivity index (χ0n) is 17.3. The summed E-state index contributed by atoms with van der Waals surface area (Å²) in [6.07, 6.45) is 2.49. The maximum Gasteiger partial charge on any atom is 0.295 e. The molecule has 1 aliphatic heterocycles. The molecule has 1 aliphatic rings. The fourth-order valence-corrected chi connectivity index (χ4v) is 4.16. The fourth-order valence-electron chi connectivity index (χ4n) is 4.16. The first kappa shape index (κ1) is 19.9. The van der Waals surface area contributed by atoms with Crippen molar-refractivity contribution >= 4 is 34.2 Å². The molecule has 30 heavy (non-hydrogen) atoms. The number of Topliss-reactive ketones (excluding diaryl/α,β-unsaturated/α-hetero) is 1. The smallest absolute Gasteiger partial charge is 0.295 e. The second-order valence-corrected chi connectivity index (χ2v) is 7.42. The van der Waals surface area contributed by atoms with Gasteiger partial charge in [-0.1, -0.05) is 36.4 Å². The molecule has 0 unspecified atom stereocenters. The highest BCUT2D eigenvalue weighted by atomic mass is 16.2. The molecule has 0 saturated carbocycles. The lowest BCUT2D eigenvalue weighted by Gasteiger charge is -2.18. The average molecular weight is 403 g/mol. The van der Waals surface area contributed by atoms with Crippen molar-refractivity contribution in [2.45, 2.75) is 26.8 Å². The monoisotopic (exact) mass is 403 g/mol. The molecule has 0 radical (unpaired) electrons. The van der Waals surface area contributed by atoms with Gasteiger partial charge in [-0.25, -0.2) is 0 Å². The normalized spacial score (nSPS) is 12.8. The number of likely N-dealkylation sites (N-methyl/N-ethyl adjacent to an activating group) is 1. The molecule has 0 atom stereocenters. The number of aromatic nitrogens is 1. The number of para-hydroxylation sites is 2. The van der Waals surface area contributed by atoms with E-state index in [1.807, 2.05) is 62.4 Å². The highest BCUT2D eigenvalue weighted by Crippen LogP contribution is 2.28. The lowest BCUT2D eigenvalue weighted by Crippen LogP contribution is -2.36. The van der Waals surface area contributed by atoms with Gasteiger partial charge in [0.05, 0.1) is 5.56 Å². The van der Waals surface area contributed by atoms with E-state index in [2.05, 4.69) is 0 Å². The number of rotatable bonds is 6. The molecule has 6 heteroatoms. The van der Waals surface area contributed by atoms with Gasteiger partial charge in [0.25, 0.3) is 11.7 Å². The second-order valence-electron chi connectivity index (χ2n) is 7.42. The Morgan fingerprint density at radius 1 is 0.967 bits per heavy atom. The average Bonchev–Trinajstić information content (AvgIpc) is 3.36. The van der Waals surface area contributed by atoms with Crippen LogP contribution in [0.5, 0.6) is 0 Å². The first-order valence-corrected chi connectivity index (χ1v) is 10.3. The van der Waals surface area contributed by atoms with Crippen LogP contribution in [0.4, 0.5) is 5.69 Å². The SMILES string of the molecule is CCN(CC)C(=O)C(=O)c1cn(CC(=O)N2CCc3ccccc32)c2ccccc12. The number of amides is 2. The van der Waals surface area contributed by atoms with Gasteiger partial charge in [-0.15, -0.1) is 0 Å². The summed E-state index contributed by atoms with van der Waals surface area (Å²) in [4.78, 5) is 41.9. The van der Waals surface area contributed by atoms with Crippen LogP contribution in [0, 0.1) is 0 Å². The first-order chi connectivity index (χ1) is 14.5. The van der Waals surface area contributed by atoms with Gasteiger partial charge < -0.3 is 14.4 Å². The molecule has 1 aromatic heterocycles. The van der Waals surface area contributed by atoms with Crippen molar-refractivity contribution in [2.24, 2.45) is 0 Å². The molecule has 6 nitrogen and oxygen atoms in total. The minimum Gasteiger partial charge on any atom is -0.337 e. The standard InChI is InChI=1S/C24H25N3O3/c1-3-25(4-2)24(30)23(29)19-15-26(21-12-8-6-10-18(19)21)16-22(28)27-14-13-17-9-5-7-11-20(17)27/h5-12,15H,3-4,13-14,16H2,1-2H3. The molecule has 2 heterocycles. The summed E-state index contributed by atoms with van der Waals surface area (Å²) < 4.78 is 1.78. The predicted octanol–water partition coefficient (Wildman–Crippen LogP) is 3.28. The largest absolute Gasteiger partial charge is 0.337 e. The Kier molecular flexibility index (Phi) is 5.40. The summed E-state index contributed by atoms with van der Waals surface area (Å²) >= 11 is 0. The molecule has 2 amide bonds. The number of benzene rings is 2. The van der Waals surface area contributed by atoms with E-state index in [9.17, 15) is 14.4 Å². The van der Waals surface area contributed by atoms with E-state index in [1.54, 1.807) is 15.7 Å². The van der Waals surface area contributed by atoms with Crippen LogP contribution < -0.4 is 4.90 Å². The topological polar surface area (TPSA) is 62.6 Å². The molecule has 4 rings (SSSR count). The van der Waals surface area contributed by atoms with E-state index in [0.29, 0.717) is 30.6 Å². The minimum atomic E-state index is -0.535. The number of ketones is 1. The predicted molar refractivity (Wildman–Crippen MR) is 117 cm³/mol. The number of carbonyl (C=O) groups is 3. The van der Waals surface area contributed by atoms with Gasteiger partial charge in [-0.2, -0.15) is 0 Å². The summed E-state index contributed by atoms with van der Waals surface area (Å²) in [5.74, 6) is -1.08. The Morgan fingerprint density at radius 3 is 2.43 bits per heavy atom. The van der Waals surface area contributed by atoms with Crippen LogP contribution in [0.2, 0.25) is 0 Å². The van der Waals surface area contributed by atoms with E-state index < -0.39 is 11.7 Å². The van der Waals surface area contributed by atoms with E-state index in [4.69, 9.17) is 0 Å². The number of fused-ring (bicyclic) bond motifs is 2. The van der Waals surface area contributed by atoms with Crippen LogP contribution >= 0.6 is 0 Å². The third kappa shape index (κ3) is 3.38. The maximum absolute atomic E-state index is 13.1. The summed E-state index contributed by atoms with van der Waals surface area (Å²) in [5, 5.41) is 0.692. The quantitative estimate of drug-likeness (QED) is 0.469. The van der Waals surface area contributed by atoms with Crippen LogP contribution in [-0.2, 0) is 22.6 Å². The van der Waals surface area contributed by atoms with Crippen LogP contribution in [0.3, 0.4) is 0 Å². The number of hydrogen-bond acceptors (Lipinski definition) is 3. The number of nitrogens with zero attached hydrogens (tertiary/aromatic N) is 3. The number of anilines is 1. The van der Waals surface area contributed by atoms with Crippen LogP contribution in [0.1, 0.15) is 29.8 Å². The van der Waals surface area contributed by atoms with E-state index >= 15 is 0 Å². The van der Waals surface area contributed by atoms with Gasteiger partial charge in [-0.3, -0.25) is 14.4 Å². The highest BCUT2D eigenvalue weighted by Gasteiger charge is 2.27. The van der Waals surface area contributed by atoms with Gasteiger partial charge in [0.2, 0.25) is 5.91 Å². The summed E-state index contributed by atoms with van der Waals surface area (Å²) in [7, 11) is 0. The number of hydrogen-bond donors (Lipinski definition) is 0. The third-order valence-electron chi connectivity index (χ3n) is 5.77. The third-order valence-corrected chi connectivity index (χ3v) is 5.77. The number of carbonyl (C=O) groups excluding carboxylic acids is 3. The van der Waals surface area contributed by atoms with Crippen molar-refractivity contribution in [1.82, 2.24) is 9.47 Å². The van der Waals surface area contributed by atoms with Gasteiger partial charge in [0, 0.05) is 42.4 Å². The van der Waals surface area contributed by atoms with E-state index in [0.717, 1.165) is 17.6 Å². The highest BCUT2D eigenvalue weighted by molar-refractivity contribution is 6.44. The minimum absolute atomic E-state index is 0.0326. The van der Waals surface area contributed by atoms with Crippen LogP contribution in [0.15, 0.2) is 54.7 Å². The fraction of sp³-hybridized carbons (Fsp3) is 0.292. The molecule has 0 N–H and O–H groups in total. The van der Waals surface area contributed by atoms with Gasteiger partial charge in [0.15, 0.2) is 0 Å². The molecule has 3 aromatic rings. The Morgan fingerprint density at radius 2 is 1.67 bits per heavy atom. The lowest BCUT2D eigenvalue weighted by atomic mass is 10.1. The Hall–Kier alpha value is -3.41. The summed E-state index contributed by atoms with van der Waals surface area (Å²) in [5.41, 5.74) is 3.24. The van der Waals surface area contributed by atoms with E-state index in [1.165, 1.54) is 10.5 Å². The molecule has 0 fully saturated rings. The van der Waals surface area contributed by atoms with Crippen LogP contribution in [-0.4, -0.2) is 46.7 Å². The molecule has 0 spiro atoms. The Balaban J connectivity index is 1.65. The van der Waals surface area contributed by atoms with Gasteiger partial charge in [0.1, 0.15) is 6.54 Å². The van der Waals surface area contributed by atoms with Crippen molar-refractivity contribution in [3.8, 4) is 0 Å². The molecular weight excluding hydrogens is 378 g/mol. The molecule has 2 aromatic carbocycles. The lowest BCUT2D eigenvalue weighted by molar-refractivity contribution is -0.126. The van der Waals surface area contributed by atoms with Crippen molar-refractivity contribution < 1.29 is 14.4 Å². The van der Waals surface area contributed by atoms with Gasteiger partial charge >= 0.3 is 0 Å². The summed E-state index contributed by atoms with van der Waals surface area (Å²) in [6.45, 7) is 5.43. The van der Waals surface area contributed by atoms with Crippen molar-refractivity contribution in [1.29, 1.82) is 0 Å². The summed E-state index contributed by atoms with van der Waals surface area (Å²) in [6, 6.07) is 15.3. The van der Waals surface area contributed by atoms with Crippen molar-refractivity contribution in [3.05, 3.63) is 65.9 Å².